The lowest BCUT2D eigenvalue weighted by Crippen LogP contribution is -2.51. The Hall–Kier alpha value is -2.03. The zero-order chi connectivity index (χ0) is 15.4. The van der Waals surface area contributed by atoms with Gasteiger partial charge in [-0.25, -0.2) is 14.6 Å². The Morgan fingerprint density at radius 3 is 3.00 bits per heavy atom. The summed E-state index contributed by atoms with van der Waals surface area (Å²) in [6.45, 7) is 2.26. The molecule has 0 saturated carbocycles. The van der Waals surface area contributed by atoms with Crippen LogP contribution in [-0.4, -0.2) is 68.5 Å². The maximum Gasteiger partial charge on any atom is 0.354 e. The van der Waals surface area contributed by atoms with E-state index in [1.54, 1.807) is 18.7 Å². The lowest BCUT2D eigenvalue weighted by Gasteiger charge is -2.33. The molecule has 0 spiro atoms. The minimum atomic E-state index is -1.27. The fourth-order valence-corrected chi connectivity index (χ4v) is 3.07. The number of aromatic amines is 1. The number of hydrogen-bond acceptors (Lipinski definition) is 6. The second-order valence-corrected chi connectivity index (χ2v) is 5.42. The van der Waals surface area contributed by atoms with Crippen LogP contribution in [0.5, 0.6) is 0 Å². The molecule has 1 aliphatic heterocycles. The highest BCUT2D eigenvalue weighted by Gasteiger charge is 2.36. The molecule has 21 heavy (non-hydrogen) atoms. The first-order valence-electron chi connectivity index (χ1n) is 6.38. The summed E-state index contributed by atoms with van der Waals surface area (Å²) < 4.78 is 4.97. The van der Waals surface area contributed by atoms with E-state index in [0.717, 1.165) is 6.33 Å². The predicted octanol–water partition coefficient (Wildman–Crippen LogP) is 0.229. The smallest absolute Gasteiger partial charge is 0.354 e. The number of amides is 1. The second kappa shape index (κ2) is 6.61. The van der Waals surface area contributed by atoms with Gasteiger partial charge in [-0.05, 0) is 6.92 Å². The van der Waals surface area contributed by atoms with Gasteiger partial charge in [-0.3, -0.25) is 4.79 Å². The Kier molecular flexibility index (Phi) is 4.84. The van der Waals surface area contributed by atoms with Gasteiger partial charge in [-0.1, -0.05) is 0 Å². The lowest BCUT2D eigenvalue weighted by atomic mass is 10.2. The van der Waals surface area contributed by atoms with Gasteiger partial charge in [0.25, 0.3) is 5.91 Å². The van der Waals surface area contributed by atoms with Gasteiger partial charge in [-0.15, -0.1) is 0 Å². The number of aromatic carboxylic acids is 1. The fraction of sp³-hybridized carbons (Fsp3) is 0.500. The third-order valence-corrected chi connectivity index (χ3v) is 4.03. The lowest BCUT2D eigenvalue weighted by molar-refractivity contribution is -0.147. The monoisotopic (exact) mass is 313 g/mol. The number of aromatic nitrogens is 2. The van der Waals surface area contributed by atoms with E-state index in [1.807, 2.05) is 0 Å². The topological polar surface area (TPSA) is 113 Å². The van der Waals surface area contributed by atoms with Crippen molar-refractivity contribution in [2.24, 2.45) is 0 Å². The summed E-state index contributed by atoms with van der Waals surface area (Å²) in [5.74, 6) is -1.22. The Morgan fingerprint density at radius 1 is 1.57 bits per heavy atom. The van der Waals surface area contributed by atoms with Crippen LogP contribution >= 0.6 is 11.8 Å². The van der Waals surface area contributed by atoms with Gasteiger partial charge < -0.3 is 19.7 Å². The number of carboxylic acid groups (broad SMARTS) is 1. The highest BCUT2D eigenvalue weighted by molar-refractivity contribution is 7.99. The van der Waals surface area contributed by atoms with Gasteiger partial charge in [-0.2, -0.15) is 11.8 Å². The number of carbonyl (C=O) groups is 3. The van der Waals surface area contributed by atoms with Crippen LogP contribution < -0.4 is 0 Å². The molecule has 2 N–H and O–H groups in total. The maximum absolute atomic E-state index is 12.5. The Balaban J connectivity index is 2.24. The molecule has 1 unspecified atom stereocenters. The standard InChI is InChI=1S/C12H15N3O5S/c1-2-20-12(19)7-5-21-4-3-15(7)10(16)8-9(11(17)18)14-6-13-8/h6-7H,2-5H2,1H3,(H,13,14)(H,17,18). The molecule has 114 valence electrons. The SMILES string of the molecule is CCOC(=O)C1CSCCN1C(=O)c1nc[nH]c1C(=O)O. The summed E-state index contributed by atoms with van der Waals surface area (Å²) >= 11 is 1.55. The molecule has 0 aromatic carbocycles. The highest BCUT2D eigenvalue weighted by atomic mass is 32.2. The third kappa shape index (κ3) is 3.18. The molecule has 0 aliphatic carbocycles. The van der Waals surface area contributed by atoms with E-state index in [0.29, 0.717) is 18.1 Å². The molecule has 1 aliphatic rings. The Labute approximate surface area is 124 Å². The van der Waals surface area contributed by atoms with Crippen LogP contribution in [0.4, 0.5) is 0 Å². The van der Waals surface area contributed by atoms with Crippen molar-refractivity contribution in [2.75, 3.05) is 24.7 Å². The number of ether oxygens (including phenoxy) is 1. The van der Waals surface area contributed by atoms with Crippen molar-refractivity contribution in [1.82, 2.24) is 14.9 Å². The number of nitrogens with zero attached hydrogens (tertiary/aromatic N) is 2. The third-order valence-electron chi connectivity index (χ3n) is 3.00. The molecule has 0 radical (unpaired) electrons. The van der Waals surface area contributed by atoms with Crippen LogP contribution in [-0.2, 0) is 9.53 Å². The summed E-state index contributed by atoms with van der Waals surface area (Å²) in [6, 6.07) is -0.713. The number of esters is 1. The van der Waals surface area contributed by atoms with Crippen LogP contribution in [0, 0.1) is 0 Å². The average molecular weight is 313 g/mol. The summed E-state index contributed by atoms with van der Waals surface area (Å²) in [4.78, 5) is 43.0. The molecular formula is C12H15N3O5S. The molecule has 0 bridgehead atoms. The van der Waals surface area contributed by atoms with E-state index in [1.165, 1.54) is 4.90 Å². The molecule has 1 saturated heterocycles. The molecule has 2 rings (SSSR count). The van der Waals surface area contributed by atoms with Crippen molar-refractivity contribution in [3.05, 3.63) is 17.7 Å². The Bertz CT molecular complexity index is 559. The fourth-order valence-electron chi connectivity index (χ4n) is 2.04. The van der Waals surface area contributed by atoms with E-state index in [4.69, 9.17) is 9.84 Å². The van der Waals surface area contributed by atoms with Crippen molar-refractivity contribution in [3.63, 3.8) is 0 Å². The van der Waals surface area contributed by atoms with Crippen molar-refractivity contribution >= 4 is 29.6 Å². The highest BCUT2D eigenvalue weighted by Crippen LogP contribution is 2.20. The zero-order valence-electron chi connectivity index (χ0n) is 11.4. The number of nitrogens with one attached hydrogen (secondary N) is 1. The minimum Gasteiger partial charge on any atom is -0.477 e. The molecule has 1 fully saturated rings. The van der Waals surface area contributed by atoms with Crippen LogP contribution in [0.25, 0.3) is 0 Å². The first-order valence-corrected chi connectivity index (χ1v) is 7.53. The van der Waals surface area contributed by atoms with Crippen LogP contribution in [0.15, 0.2) is 6.33 Å². The second-order valence-electron chi connectivity index (χ2n) is 4.27. The van der Waals surface area contributed by atoms with E-state index in [2.05, 4.69) is 9.97 Å². The van der Waals surface area contributed by atoms with Gasteiger partial charge in [0.05, 0.1) is 12.9 Å². The summed E-state index contributed by atoms with van der Waals surface area (Å²) in [7, 11) is 0. The number of thioether (sulfide) groups is 1. The van der Waals surface area contributed by atoms with E-state index < -0.39 is 23.9 Å². The number of carbonyl (C=O) groups excluding carboxylic acids is 2. The maximum atomic E-state index is 12.5. The van der Waals surface area contributed by atoms with Crippen LogP contribution in [0.3, 0.4) is 0 Å². The van der Waals surface area contributed by atoms with Gasteiger partial charge in [0, 0.05) is 18.1 Å². The van der Waals surface area contributed by atoms with Gasteiger partial charge in [0.2, 0.25) is 0 Å². The number of hydrogen-bond donors (Lipinski definition) is 2. The average Bonchev–Trinajstić information content (AvgIpc) is 2.96. The molecule has 1 amide bonds. The summed E-state index contributed by atoms with van der Waals surface area (Å²) in [5, 5.41) is 9.02. The van der Waals surface area contributed by atoms with Gasteiger partial charge in [0.15, 0.2) is 11.4 Å². The molecule has 9 heteroatoms. The predicted molar refractivity (Wildman–Crippen MR) is 74.3 cm³/mol. The first-order chi connectivity index (χ1) is 10.1. The zero-order valence-corrected chi connectivity index (χ0v) is 12.2. The van der Waals surface area contributed by atoms with Crippen LogP contribution in [0.2, 0.25) is 0 Å². The van der Waals surface area contributed by atoms with Crippen molar-refractivity contribution < 1.29 is 24.2 Å². The number of rotatable bonds is 4. The molecular weight excluding hydrogens is 298 g/mol. The van der Waals surface area contributed by atoms with E-state index in [-0.39, 0.29) is 18.0 Å². The quantitative estimate of drug-likeness (QED) is 0.765. The number of imidazole rings is 1. The Morgan fingerprint density at radius 2 is 2.33 bits per heavy atom. The largest absolute Gasteiger partial charge is 0.477 e. The molecule has 1 aromatic heterocycles. The van der Waals surface area contributed by atoms with Gasteiger partial charge in [0.1, 0.15) is 6.04 Å². The molecule has 8 nitrogen and oxygen atoms in total. The summed E-state index contributed by atoms with van der Waals surface area (Å²) in [5.41, 5.74) is -0.468. The molecule has 1 atom stereocenters. The van der Waals surface area contributed by atoms with Crippen molar-refractivity contribution in [1.29, 1.82) is 0 Å². The number of H-pyrrole nitrogens is 1. The molecule has 1 aromatic rings. The van der Waals surface area contributed by atoms with E-state index in [9.17, 15) is 14.4 Å². The van der Waals surface area contributed by atoms with Crippen molar-refractivity contribution in [3.8, 4) is 0 Å². The van der Waals surface area contributed by atoms with E-state index >= 15 is 0 Å². The van der Waals surface area contributed by atoms with Gasteiger partial charge >= 0.3 is 11.9 Å². The van der Waals surface area contributed by atoms with Crippen LogP contribution in [0.1, 0.15) is 27.9 Å². The minimum absolute atomic E-state index is 0.191. The first kappa shape index (κ1) is 15.4. The molecule has 2 heterocycles. The number of carboxylic acids is 1. The van der Waals surface area contributed by atoms with Crippen molar-refractivity contribution in [2.45, 2.75) is 13.0 Å². The summed E-state index contributed by atoms with van der Waals surface area (Å²) in [6.07, 6.45) is 1.15. The normalized spacial score (nSPS) is 18.3.